The Bertz CT molecular complexity index is 894. The van der Waals surface area contributed by atoms with Crippen LogP contribution in [0, 0.1) is 0 Å². The predicted molar refractivity (Wildman–Crippen MR) is 109 cm³/mol. The molecule has 0 saturated carbocycles. The number of rotatable bonds is 8. The quantitative estimate of drug-likeness (QED) is 0.475. The normalized spacial score (nSPS) is 11.8. The molecule has 5 heteroatoms. The van der Waals surface area contributed by atoms with E-state index in [1.807, 2.05) is 72.8 Å². The standard InChI is InChI=1S/C23H22N2O3/c1-18(23(26)25-24-16-19-8-4-2-5-9-19)28-22-14-12-21(13-15-22)27-17-20-10-6-3-7-11-20/h2-16,18H,17H2,1H3,(H,25,26)/b24-16-/t18-/m0/s1. The van der Waals surface area contributed by atoms with Gasteiger partial charge in [-0.2, -0.15) is 5.10 Å². The van der Waals surface area contributed by atoms with Crippen molar-refractivity contribution in [2.24, 2.45) is 5.10 Å². The lowest BCUT2D eigenvalue weighted by Crippen LogP contribution is -2.33. The van der Waals surface area contributed by atoms with Crippen LogP contribution >= 0.6 is 0 Å². The third-order valence-electron chi connectivity index (χ3n) is 3.94. The molecule has 0 fully saturated rings. The molecule has 3 rings (SSSR count). The topological polar surface area (TPSA) is 59.9 Å². The second-order valence-corrected chi connectivity index (χ2v) is 6.15. The van der Waals surface area contributed by atoms with E-state index in [0.29, 0.717) is 12.4 Å². The highest BCUT2D eigenvalue weighted by molar-refractivity contribution is 5.84. The highest BCUT2D eigenvalue weighted by atomic mass is 16.5. The average molecular weight is 374 g/mol. The number of carbonyl (C=O) groups excluding carboxylic acids is 1. The number of hydrazone groups is 1. The van der Waals surface area contributed by atoms with Crippen molar-refractivity contribution in [3.8, 4) is 11.5 Å². The van der Waals surface area contributed by atoms with Gasteiger partial charge in [-0.05, 0) is 42.3 Å². The molecule has 0 radical (unpaired) electrons. The van der Waals surface area contributed by atoms with Gasteiger partial charge in [0, 0.05) is 0 Å². The van der Waals surface area contributed by atoms with E-state index in [4.69, 9.17) is 9.47 Å². The summed E-state index contributed by atoms with van der Waals surface area (Å²) in [6, 6.07) is 26.7. The van der Waals surface area contributed by atoms with E-state index in [-0.39, 0.29) is 5.91 Å². The highest BCUT2D eigenvalue weighted by Crippen LogP contribution is 2.19. The zero-order chi connectivity index (χ0) is 19.6. The minimum Gasteiger partial charge on any atom is -0.489 e. The summed E-state index contributed by atoms with van der Waals surface area (Å²) in [6.07, 6.45) is 0.910. The van der Waals surface area contributed by atoms with Crippen molar-refractivity contribution in [2.75, 3.05) is 0 Å². The number of nitrogens with one attached hydrogen (secondary N) is 1. The molecule has 0 saturated heterocycles. The van der Waals surface area contributed by atoms with Gasteiger partial charge in [0.25, 0.3) is 5.91 Å². The van der Waals surface area contributed by atoms with E-state index in [1.165, 1.54) is 0 Å². The number of benzene rings is 3. The Kier molecular flexibility index (Phi) is 6.79. The molecule has 5 nitrogen and oxygen atoms in total. The van der Waals surface area contributed by atoms with Gasteiger partial charge in [0.1, 0.15) is 18.1 Å². The predicted octanol–water partition coefficient (Wildman–Crippen LogP) is 4.18. The summed E-state index contributed by atoms with van der Waals surface area (Å²) in [4.78, 5) is 12.1. The first-order valence-corrected chi connectivity index (χ1v) is 9.02. The minimum absolute atomic E-state index is 0.323. The number of carbonyl (C=O) groups is 1. The smallest absolute Gasteiger partial charge is 0.280 e. The minimum atomic E-state index is -0.677. The van der Waals surface area contributed by atoms with Gasteiger partial charge < -0.3 is 9.47 Å². The fourth-order valence-corrected chi connectivity index (χ4v) is 2.41. The second kappa shape index (κ2) is 9.92. The Balaban J connectivity index is 1.46. The van der Waals surface area contributed by atoms with E-state index >= 15 is 0 Å². The van der Waals surface area contributed by atoms with Crippen molar-refractivity contribution < 1.29 is 14.3 Å². The molecular formula is C23H22N2O3. The van der Waals surface area contributed by atoms with Gasteiger partial charge in [0.2, 0.25) is 0 Å². The summed E-state index contributed by atoms with van der Waals surface area (Å²) < 4.78 is 11.4. The molecule has 0 heterocycles. The van der Waals surface area contributed by atoms with E-state index in [0.717, 1.165) is 16.9 Å². The number of amides is 1. The SMILES string of the molecule is C[C@H](Oc1ccc(OCc2ccccc2)cc1)C(=O)N/N=C\c1ccccc1. The van der Waals surface area contributed by atoms with Crippen LogP contribution in [-0.2, 0) is 11.4 Å². The van der Waals surface area contributed by atoms with E-state index < -0.39 is 6.10 Å². The Morgan fingerprint density at radius 1 is 0.929 bits per heavy atom. The molecule has 0 spiro atoms. The molecule has 0 aliphatic heterocycles. The van der Waals surface area contributed by atoms with Crippen LogP contribution in [0.5, 0.6) is 11.5 Å². The molecule has 0 bridgehead atoms. The van der Waals surface area contributed by atoms with Crippen LogP contribution in [0.3, 0.4) is 0 Å². The summed E-state index contributed by atoms with van der Waals surface area (Å²) in [6.45, 7) is 2.17. The van der Waals surface area contributed by atoms with Gasteiger partial charge in [-0.3, -0.25) is 4.79 Å². The van der Waals surface area contributed by atoms with Gasteiger partial charge in [0.05, 0.1) is 6.21 Å². The van der Waals surface area contributed by atoms with Crippen molar-refractivity contribution in [1.82, 2.24) is 5.43 Å². The summed E-state index contributed by atoms with van der Waals surface area (Å²) >= 11 is 0. The van der Waals surface area contributed by atoms with Crippen molar-refractivity contribution in [3.05, 3.63) is 96.1 Å². The molecule has 0 aliphatic carbocycles. The highest BCUT2D eigenvalue weighted by Gasteiger charge is 2.13. The number of hydrogen-bond donors (Lipinski definition) is 1. The van der Waals surface area contributed by atoms with Gasteiger partial charge in [-0.25, -0.2) is 5.43 Å². The molecule has 3 aromatic rings. The fourth-order valence-electron chi connectivity index (χ4n) is 2.41. The van der Waals surface area contributed by atoms with E-state index in [9.17, 15) is 4.79 Å². The summed E-state index contributed by atoms with van der Waals surface area (Å²) in [5.74, 6) is 0.999. The largest absolute Gasteiger partial charge is 0.489 e. The summed E-state index contributed by atoms with van der Waals surface area (Å²) in [7, 11) is 0. The number of nitrogens with zero attached hydrogens (tertiary/aromatic N) is 1. The molecule has 0 aromatic heterocycles. The van der Waals surface area contributed by atoms with Crippen LogP contribution in [-0.4, -0.2) is 18.2 Å². The van der Waals surface area contributed by atoms with Gasteiger partial charge >= 0.3 is 0 Å². The molecule has 1 amide bonds. The maximum absolute atomic E-state index is 12.1. The lowest BCUT2D eigenvalue weighted by Gasteiger charge is -2.13. The van der Waals surface area contributed by atoms with Crippen LogP contribution in [0.2, 0.25) is 0 Å². The zero-order valence-electron chi connectivity index (χ0n) is 15.6. The first kappa shape index (κ1) is 19.2. The van der Waals surface area contributed by atoms with Crippen molar-refractivity contribution in [2.45, 2.75) is 19.6 Å². The second-order valence-electron chi connectivity index (χ2n) is 6.15. The van der Waals surface area contributed by atoms with Crippen molar-refractivity contribution >= 4 is 12.1 Å². The first-order valence-electron chi connectivity index (χ1n) is 9.02. The molecule has 1 N–H and O–H groups in total. The zero-order valence-corrected chi connectivity index (χ0v) is 15.6. The maximum Gasteiger partial charge on any atom is 0.280 e. The van der Waals surface area contributed by atoms with Gasteiger partial charge in [-0.15, -0.1) is 0 Å². The molecule has 3 aromatic carbocycles. The van der Waals surface area contributed by atoms with Crippen LogP contribution in [0.25, 0.3) is 0 Å². The Morgan fingerprint density at radius 2 is 1.54 bits per heavy atom. The monoisotopic (exact) mass is 374 g/mol. The van der Waals surface area contributed by atoms with E-state index in [1.54, 1.807) is 25.3 Å². The van der Waals surface area contributed by atoms with Crippen molar-refractivity contribution in [3.63, 3.8) is 0 Å². The van der Waals surface area contributed by atoms with Crippen LogP contribution in [0.4, 0.5) is 0 Å². The molecule has 1 atom stereocenters. The maximum atomic E-state index is 12.1. The van der Waals surface area contributed by atoms with Gasteiger partial charge in [0.15, 0.2) is 6.10 Å². The Morgan fingerprint density at radius 3 is 2.21 bits per heavy atom. The summed E-state index contributed by atoms with van der Waals surface area (Å²) in [5.41, 5.74) is 4.49. The average Bonchev–Trinajstić information content (AvgIpc) is 2.74. The molecule has 0 aliphatic rings. The first-order chi connectivity index (χ1) is 13.7. The lowest BCUT2D eigenvalue weighted by molar-refractivity contribution is -0.127. The van der Waals surface area contributed by atoms with Crippen LogP contribution in [0.1, 0.15) is 18.1 Å². The molecule has 28 heavy (non-hydrogen) atoms. The lowest BCUT2D eigenvalue weighted by atomic mass is 10.2. The van der Waals surface area contributed by atoms with Gasteiger partial charge in [-0.1, -0.05) is 60.7 Å². The van der Waals surface area contributed by atoms with E-state index in [2.05, 4.69) is 10.5 Å². The Labute approximate surface area is 164 Å². The third kappa shape index (κ3) is 5.99. The molecule has 142 valence electrons. The third-order valence-corrected chi connectivity index (χ3v) is 3.94. The Hall–Kier alpha value is -3.60. The van der Waals surface area contributed by atoms with Crippen LogP contribution in [0.15, 0.2) is 90.0 Å². The number of hydrogen-bond acceptors (Lipinski definition) is 4. The van der Waals surface area contributed by atoms with Crippen molar-refractivity contribution in [1.29, 1.82) is 0 Å². The fraction of sp³-hybridized carbons (Fsp3) is 0.130. The number of ether oxygens (including phenoxy) is 2. The molecule has 0 unspecified atom stereocenters. The summed E-state index contributed by atoms with van der Waals surface area (Å²) in [5, 5.41) is 3.95. The molecular weight excluding hydrogens is 352 g/mol. The van der Waals surface area contributed by atoms with Crippen LogP contribution < -0.4 is 14.9 Å².